The Kier molecular flexibility index (Phi) is 6.34. The van der Waals surface area contributed by atoms with E-state index in [9.17, 15) is 26.4 Å². The minimum absolute atomic E-state index is 0.118. The molecule has 11 heteroatoms. The van der Waals surface area contributed by atoms with Crippen molar-refractivity contribution in [3.63, 3.8) is 0 Å². The third-order valence-corrected chi connectivity index (χ3v) is 5.03. The Labute approximate surface area is 158 Å². The van der Waals surface area contributed by atoms with Crippen molar-refractivity contribution in [2.24, 2.45) is 0 Å². The number of hydrogen-bond donors (Lipinski definition) is 2. The van der Waals surface area contributed by atoms with E-state index in [0.717, 1.165) is 6.07 Å². The van der Waals surface area contributed by atoms with Crippen LogP contribution in [0.2, 0.25) is 5.02 Å². The van der Waals surface area contributed by atoms with Crippen LogP contribution in [0.3, 0.4) is 0 Å². The third-order valence-electron chi connectivity index (χ3n) is 3.22. The lowest BCUT2D eigenvalue weighted by atomic mass is 10.2. The van der Waals surface area contributed by atoms with Gasteiger partial charge in [0.2, 0.25) is 15.9 Å². The van der Waals surface area contributed by atoms with Gasteiger partial charge in [-0.05, 0) is 43.3 Å². The molecule has 0 aliphatic heterocycles. The highest BCUT2D eigenvalue weighted by Gasteiger charge is 2.32. The van der Waals surface area contributed by atoms with Gasteiger partial charge in [-0.25, -0.2) is 8.42 Å². The van der Waals surface area contributed by atoms with Gasteiger partial charge in [0.05, 0.1) is 16.6 Å². The van der Waals surface area contributed by atoms with Crippen LogP contribution in [0, 0.1) is 0 Å². The standard InChI is InChI=1S/C16H14ClF3N2O4S/c1-10(22-27(24,25)12-8-6-11(17)7-9-12)15(23)21-13-4-2-3-5-14(13)26-16(18,19)20/h2-10,22H,1H3,(H,21,23)/t10-/m0/s1. The van der Waals surface area contributed by atoms with Crippen LogP contribution < -0.4 is 14.8 Å². The number of amides is 1. The van der Waals surface area contributed by atoms with Gasteiger partial charge in [-0.15, -0.1) is 13.2 Å². The minimum atomic E-state index is -4.94. The molecule has 2 aromatic carbocycles. The summed E-state index contributed by atoms with van der Waals surface area (Å²) in [4.78, 5) is 12.1. The molecule has 0 aromatic heterocycles. The predicted molar refractivity (Wildman–Crippen MR) is 93.0 cm³/mol. The van der Waals surface area contributed by atoms with Crippen molar-refractivity contribution >= 4 is 33.2 Å². The number of carbonyl (C=O) groups is 1. The summed E-state index contributed by atoms with van der Waals surface area (Å²) in [5.41, 5.74) is -0.252. The quantitative estimate of drug-likeness (QED) is 0.745. The van der Waals surface area contributed by atoms with Crippen molar-refractivity contribution in [2.45, 2.75) is 24.2 Å². The first-order chi connectivity index (χ1) is 12.5. The first-order valence-electron chi connectivity index (χ1n) is 7.41. The molecule has 0 unspecified atom stereocenters. The average Bonchev–Trinajstić information content (AvgIpc) is 2.55. The topological polar surface area (TPSA) is 84.5 Å². The summed E-state index contributed by atoms with van der Waals surface area (Å²) in [7, 11) is -4.03. The number of carbonyl (C=O) groups excluding carboxylic acids is 1. The van der Waals surface area contributed by atoms with E-state index < -0.39 is 34.1 Å². The van der Waals surface area contributed by atoms with E-state index in [-0.39, 0.29) is 10.6 Å². The Bertz CT molecular complexity index is 918. The van der Waals surface area contributed by atoms with Crippen LogP contribution in [0.1, 0.15) is 6.92 Å². The second-order valence-electron chi connectivity index (χ2n) is 5.33. The Balaban J connectivity index is 2.11. The van der Waals surface area contributed by atoms with Crippen LogP contribution in [0.4, 0.5) is 18.9 Å². The number of para-hydroxylation sites is 2. The molecular weight excluding hydrogens is 409 g/mol. The largest absolute Gasteiger partial charge is 0.573 e. The normalized spacial score (nSPS) is 13.1. The van der Waals surface area contributed by atoms with Gasteiger partial charge in [0.1, 0.15) is 0 Å². The van der Waals surface area contributed by atoms with Gasteiger partial charge in [-0.1, -0.05) is 23.7 Å². The lowest BCUT2D eigenvalue weighted by Gasteiger charge is -2.17. The zero-order valence-electron chi connectivity index (χ0n) is 13.7. The highest BCUT2D eigenvalue weighted by molar-refractivity contribution is 7.89. The Hall–Kier alpha value is -2.30. The summed E-state index contributed by atoms with van der Waals surface area (Å²) in [5.74, 6) is -1.49. The van der Waals surface area contributed by atoms with E-state index >= 15 is 0 Å². The molecule has 0 aliphatic rings. The maximum absolute atomic E-state index is 12.4. The van der Waals surface area contributed by atoms with Crippen molar-refractivity contribution in [3.05, 3.63) is 53.6 Å². The van der Waals surface area contributed by atoms with Crippen LogP contribution in [0.15, 0.2) is 53.4 Å². The van der Waals surface area contributed by atoms with Gasteiger partial charge in [-0.3, -0.25) is 4.79 Å². The highest BCUT2D eigenvalue weighted by atomic mass is 35.5. The maximum atomic E-state index is 12.4. The van der Waals surface area contributed by atoms with Gasteiger partial charge in [-0.2, -0.15) is 4.72 Å². The van der Waals surface area contributed by atoms with Crippen LogP contribution in [0.25, 0.3) is 0 Å². The summed E-state index contributed by atoms with van der Waals surface area (Å²) in [6.45, 7) is 1.25. The number of sulfonamides is 1. The SMILES string of the molecule is C[C@H](NS(=O)(=O)c1ccc(Cl)cc1)C(=O)Nc1ccccc1OC(F)(F)F. The molecule has 0 spiro atoms. The number of rotatable bonds is 6. The van der Waals surface area contributed by atoms with E-state index in [1.165, 1.54) is 49.4 Å². The fourth-order valence-electron chi connectivity index (χ4n) is 1.99. The summed E-state index contributed by atoms with van der Waals surface area (Å²) in [6, 6.07) is 8.86. The molecule has 146 valence electrons. The van der Waals surface area contributed by atoms with E-state index in [0.29, 0.717) is 5.02 Å². The molecule has 0 saturated heterocycles. The molecule has 0 radical (unpaired) electrons. The van der Waals surface area contributed by atoms with E-state index in [1.54, 1.807) is 0 Å². The monoisotopic (exact) mass is 422 g/mol. The molecule has 0 bridgehead atoms. The lowest BCUT2D eigenvalue weighted by molar-refractivity contribution is -0.274. The Morgan fingerprint density at radius 1 is 1.11 bits per heavy atom. The van der Waals surface area contributed by atoms with Crippen LogP contribution >= 0.6 is 11.6 Å². The fourth-order valence-corrected chi connectivity index (χ4v) is 3.32. The van der Waals surface area contributed by atoms with Gasteiger partial charge < -0.3 is 10.1 Å². The van der Waals surface area contributed by atoms with E-state index in [1.807, 2.05) is 0 Å². The molecule has 1 atom stereocenters. The number of hydrogen-bond acceptors (Lipinski definition) is 4. The Morgan fingerprint density at radius 2 is 1.70 bits per heavy atom. The molecule has 0 heterocycles. The molecule has 6 nitrogen and oxygen atoms in total. The van der Waals surface area contributed by atoms with Crippen molar-refractivity contribution in [2.75, 3.05) is 5.32 Å². The van der Waals surface area contributed by atoms with Crippen LogP contribution in [-0.4, -0.2) is 26.7 Å². The van der Waals surface area contributed by atoms with Crippen LogP contribution in [-0.2, 0) is 14.8 Å². The zero-order chi connectivity index (χ0) is 20.2. The molecule has 0 fully saturated rings. The molecule has 2 N–H and O–H groups in total. The number of benzene rings is 2. The first kappa shape index (κ1) is 21.0. The molecule has 0 aliphatic carbocycles. The van der Waals surface area contributed by atoms with E-state index in [4.69, 9.17) is 11.6 Å². The summed E-state index contributed by atoms with van der Waals surface area (Å²) in [6.07, 6.45) is -4.94. The smallest absolute Gasteiger partial charge is 0.404 e. The Morgan fingerprint density at radius 3 is 2.30 bits per heavy atom. The van der Waals surface area contributed by atoms with Crippen molar-refractivity contribution < 1.29 is 31.1 Å². The zero-order valence-corrected chi connectivity index (χ0v) is 15.3. The van der Waals surface area contributed by atoms with Crippen LogP contribution in [0.5, 0.6) is 5.75 Å². The number of halogens is 4. The van der Waals surface area contributed by atoms with Crippen molar-refractivity contribution in [1.29, 1.82) is 0 Å². The lowest BCUT2D eigenvalue weighted by Crippen LogP contribution is -2.41. The van der Waals surface area contributed by atoms with Gasteiger partial charge in [0, 0.05) is 5.02 Å². The number of anilines is 1. The van der Waals surface area contributed by atoms with Gasteiger partial charge in [0.15, 0.2) is 5.75 Å². The maximum Gasteiger partial charge on any atom is 0.573 e. The molecule has 27 heavy (non-hydrogen) atoms. The van der Waals surface area contributed by atoms with E-state index in [2.05, 4.69) is 14.8 Å². The first-order valence-corrected chi connectivity index (χ1v) is 9.27. The molecule has 2 rings (SSSR count). The number of alkyl halides is 3. The number of ether oxygens (including phenoxy) is 1. The summed E-state index contributed by atoms with van der Waals surface area (Å²) < 4.78 is 67.7. The van der Waals surface area contributed by atoms with Crippen molar-refractivity contribution in [1.82, 2.24) is 4.72 Å². The minimum Gasteiger partial charge on any atom is -0.404 e. The second-order valence-corrected chi connectivity index (χ2v) is 7.48. The molecular formula is C16H14ClF3N2O4S. The van der Waals surface area contributed by atoms with Gasteiger partial charge >= 0.3 is 6.36 Å². The third kappa shape index (κ3) is 6.12. The average molecular weight is 423 g/mol. The van der Waals surface area contributed by atoms with Crippen molar-refractivity contribution in [3.8, 4) is 5.75 Å². The fraction of sp³-hybridized carbons (Fsp3) is 0.188. The summed E-state index contributed by atoms with van der Waals surface area (Å²) in [5, 5.41) is 2.54. The number of nitrogens with one attached hydrogen (secondary N) is 2. The van der Waals surface area contributed by atoms with Gasteiger partial charge in [0.25, 0.3) is 0 Å². The predicted octanol–water partition coefficient (Wildman–Crippen LogP) is 3.54. The second kappa shape index (κ2) is 8.15. The summed E-state index contributed by atoms with van der Waals surface area (Å²) >= 11 is 5.70. The molecule has 1 amide bonds. The molecule has 2 aromatic rings. The molecule has 0 saturated carbocycles. The highest BCUT2D eigenvalue weighted by Crippen LogP contribution is 2.30.